The van der Waals surface area contributed by atoms with Crippen LogP contribution in [0.5, 0.6) is 0 Å². The van der Waals surface area contributed by atoms with Gasteiger partial charge in [0.05, 0.1) is 29.2 Å². The first-order valence-corrected chi connectivity index (χ1v) is 7.29. The van der Waals surface area contributed by atoms with E-state index in [1.54, 1.807) is 31.3 Å². The summed E-state index contributed by atoms with van der Waals surface area (Å²) in [5.41, 5.74) is -0.317. The third kappa shape index (κ3) is 2.71. The van der Waals surface area contributed by atoms with Crippen molar-refractivity contribution in [2.24, 2.45) is 7.05 Å². The fourth-order valence-corrected chi connectivity index (χ4v) is 2.86. The minimum absolute atomic E-state index is 0.246. The van der Waals surface area contributed by atoms with E-state index in [2.05, 4.69) is 0 Å². The highest BCUT2D eigenvalue weighted by Crippen LogP contribution is 2.35. The molecule has 0 fully saturated rings. The lowest BCUT2D eigenvalue weighted by molar-refractivity contribution is -0.139. The Bertz CT molecular complexity index is 941. The van der Waals surface area contributed by atoms with Crippen molar-refractivity contribution in [3.8, 4) is 0 Å². The highest BCUT2D eigenvalue weighted by molar-refractivity contribution is 5.75. The number of aromatic nitrogens is 2. The molecule has 1 aromatic heterocycles. The summed E-state index contributed by atoms with van der Waals surface area (Å²) in [4.78, 5) is 12.3. The summed E-state index contributed by atoms with van der Waals surface area (Å²) in [6.07, 6.45) is -6.02. The van der Waals surface area contributed by atoms with Gasteiger partial charge in [-0.15, -0.1) is 0 Å². The van der Waals surface area contributed by atoms with E-state index >= 15 is 0 Å². The van der Waals surface area contributed by atoms with Gasteiger partial charge in [-0.3, -0.25) is 9.13 Å². The van der Waals surface area contributed by atoms with E-state index in [-0.39, 0.29) is 17.8 Å². The number of hydrogen-bond acceptors (Lipinski definition) is 2. The Labute approximate surface area is 135 Å². The number of alkyl halides is 3. The van der Waals surface area contributed by atoms with E-state index in [4.69, 9.17) is 0 Å². The van der Waals surface area contributed by atoms with Gasteiger partial charge in [0.2, 0.25) is 0 Å². The first-order chi connectivity index (χ1) is 11.3. The fourth-order valence-electron chi connectivity index (χ4n) is 2.86. The van der Waals surface area contributed by atoms with Crippen molar-refractivity contribution < 1.29 is 18.3 Å². The van der Waals surface area contributed by atoms with Gasteiger partial charge in [-0.05, 0) is 23.8 Å². The van der Waals surface area contributed by atoms with Crippen LogP contribution in [0.25, 0.3) is 11.0 Å². The van der Waals surface area contributed by atoms with E-state index < -0.39 is 17.8 Å². The van der Waals surface area contributed by atoms with Crippen LogP contribution >= 0.6 is 0 Å². The second kappa shape index (κ2) is 5.83. The van der Waals surface area contributed by atoms with Crippen LogP contribution in [0.2, 0.25) is 0 Å². The molecule has 24 heavy (non-hydrogen) atoms. The maximum absolute atomic E-state index is 13.1. The van der Waals surface area contributed by atoms with Crippen LogP contribution in [0.3, 0.4) is 0 Å². The zero-order valence-electron chi connectivity index (χ0n) is 12.8. The lowest BCUT2D eigenvalue weighted by atomic mass is 10.0. The number of aryl methyl sites for hydroxylation is 1. The van der Waals surface area contributed by atoms with Gasteiger partial charge in [0.25, 0.3) is 0 Å². The van der Waals surface area contributed by atoms with E-state index in [9.17, 15) is 23.1 Å². The van der Waals surface area contributed by atoms with Gasteiger partial charge in [-0.1, -0.05) is 30.3 Å². The molecule has 126 valence electrons. The highest BCUT2D eigenvalue weighted by Gasteiger charge is 2.34. The number of para-hydroxylation sites is 2. The largest absolute Gasteiger partial charge is 0.416 e. The summed E-state index contributed by atoms with van der Waals surface area (Å²) in [5.74, 6) is 0. The summed E-state index contributed by atoms with van der Waals surface area (Å²) in [6, 6.07) is 11.8. The number of aliphatic hydroxyl groups is 1. The molecule has 2 aromatic carbocycles. The van der Waals surface area contributed by atoms with E-state index in [0.717, 1.165) is 6.07 Å². The van der Waals surface area contributed by atoms with Crippen LogP contribution < -0.4 is 5.69 Å². The summed E-state index contributed by atoms with van der Waals surface area (Å²) in [6.45, 7) is -0.257. The zero-order valence-corrected chi connectivity index (χ0v) is 12.8. The van der Waals surface area contributed by atoms with Crippen LogP contribution in [-0.4, -0.2) is 14.2 Å². The quantitative estimate of drug-likeness (QED) is 0.799. The van der Waals surface area contributed by atoms with Crippen molar-refractivity contribution in [2.75, 3.05) is 0 Å². The number of rotatable bonds is 3. The number of imidazole rings is 1. The normalized spacial score (nSPS) is 13.4. The van der Waals surface area contributed by atoms with E-state index in [0.29, 0.717) is 11.0 Å². The molecule has 7 heteroatoms. The first-order valence-electron chi connectivity index (χ1n) is 7.29. The monoisotopic (exact) mass is 336 g/mol. The smallest absolute Gasteiger partial charge is 0.387 e. The fraction of sp³-hybridized carbons (Fsp3) is 0.235. The van der Waals surface area contributed by atoms with Gasteiger partial charge in [-0.2, -0.15) is 13.2 Å². The predicted octanol–water partition coefficient (Wildman–Crippen LogP) is 3.09. The van der Waals surface area contributed by atoms with Crippen molar-refractivity contribution in [1.29, 1.82) is 0 Å². The van der Waals surface area contributed by atoms with Gasteiger partial charge in [-0.25, -0.2) is 4.79 Å². The van der Waals surface area contributed by atoms with Crippen LogP contribution in [-0.2, 0) is 19.8 Å². The Morgan fingerprint density at radius 1 is 1.04 bits per heavy atom. The minimum atomic E-state index is -4.57. The zero-order chi connectivity index (χ0) is 17.5. The summed E-state index contributed by atoms with van der Waals surface area (Å²) in [7, 11) is 1.58. The Hall–Kier alpha value is -2.54. The second-order valence-corrected chi connectivity index (χ2v) is 5.54. The third-order valence-electron chi connectivity index (χ3n) is 4.03. The number of nitrogens with zero attached hydrogens (tertiary/aromatic N) is 2. The molecule has 0 aliphatic heterocycles. The molecule has 0 aliphatic carbocycles. The molecule has 0 spiro atoms. The summed E-state index contributed by atoms with van der Waals surface area (Å²) in [5, 5.41) is 10.3. The Morgan fingerprint density at radius 2 is 1.62 bits per heavy atom. The molecule has 1 N–H and O–H groups in total. The number of benzene rings is 2. The molecule has 0 unspecified atom stereocenters. The topological polar surface area (TPSA) is 47.2 Å². The summed E-state index contributed by atoms with van der Waals surface area (Å²) >= 11 is 0. The molecular weight excluding hydrogens is 321 g/mol. The van der Waals surface area contributed by atoms with Crippen molar-refractivity contribution in [2.45, 2.75) is 18.8 Å². The van der Waals surface area contributed by atoms with Gasteiger partial charge >= 0.3 is 11.9 Å². The maximum Gasteiger partial charge on any atom is 0.416 e. The van der Waals surface area contributed by atoms with Crippen LogP contribution in [0.1, 0.15) is 17.2 Å². The molecule has 0 bridgehead atoms. The number of hydrogen-bond donors (Lipinski definition) is 1. The minimum Gasteiger partial charge on any atom is -0.387 e. The van der Waals surface area contributed by atoms with Crippen molar-refractivity contribution >= 4 is 11.0 Å². The van der Waals surface area contributed by atoms with Crippen molar-refractivity contribution in [3.63, 3.8) is 0 Å². The average molecular weight is 336 g/mol. The first kappa shape index (κ1) is 16.3. The molecule has 0 saturated heterocycles. The molecule has 4 nitrogen and oxygen atoms in total. The lowest BCUT2D eigenvalue weighted by Gasteiger charge is -2.17. The molecule has 3 rings (SSSR count). The molecule has 0 aliphatic rings. The SMILES string of the molecule is Cn1c(=O)n(C[C@@H](O)c2ccccc2C(F)(F)F)c2ccccc21. The Morgan fingerprint density at radius 3 is 2.29 bits per heavy atom. The number of fused-ring (bicyclic) bond motifs is 1. The van der Waals surface area contributed by atoms with Gasteiger partial charge in [0, 0.05) is 7.05 Å². The molecule has 0 radical (unpaired) electrons. The van der Waals surface area contributed by atoms with Crippen molar-refractivity contribution in [1.82, 2.24) is 9.13 Å². The Kier molecular flexibility index (Phi) is 3.96. The van der Waals surface area contributed by atoms with Crippen molar-refractivity contribution in [3.05, 3.63) is 70.1 Å². The standard InChI is InChI=1S/C17H15F3N2O2/c1-21-13-8-4-5-9-14(13)22(16(21)24)10-15(23)11-6-2-3-7-12(11)17(18,19)20/h2-9,15,23H,10H2,1H3/t15-/m1/s1. The number of aliphatic hydroxyl groups excluding tert-OH is 1. The van der Waals surface area contributed by atoms with E-state index in [1.807, 2.05) is 0 Å². The second-order valence-electron chi connectivity index (χ2n) is 5.54. The van der Waals surface area contributed by atoms with Gasteiger partial charge in [0.15, 0.2) is 0 Å². The molecule has 0 amide bonds. The van der Waals surface area contributed by atoms with Crippen LogP contribution in [0.4, 0.5) is 13.2 Å². The highest BCUT2D eigenvalue weighted by atomic mass is 19.4. The lowest BCUT2D eigenvalue weighted by Crippen LogP contribution is -2.25. The van der Waals surface area contributed by atoms with Crippen LogP contribution in [0.15, 0.2) is 53.3 Å². The van der Waals surface area contributed by atoms with Gasteiger partial charge in [0.1, 0.15) is 0 Å². The maximum atomic E-state index is 13.1. The summed E-state index contributed by atoms with van der Waals surface area (Å²) < 4.78 is 42.0. The molecule has 1 heterocycles. The number of halogens is 3. The molecule has 3 aromatic rings. The van der Waals surface area contributed by atoms with E-state index in [1.165, 1.54) is 27.3 Å². The average Bonchev–Trinajstić information content (AvgIpc) is 2.79. The third-order valence-corrected chi connectivity index (χ3v) is 4.03. The molecular formula is C17H15F3N2O2. The predicted molar refractivity (Wildman–Crippen MR) is 83.6 cm³/mol. The molecule has 0 saturated carbocycles. The Balaban J connectivity index is 2.05. The van der Waals surface area contributed by atoms with Gasteiger partial charge < -0.3 is 5.11 Å². The molecule has 1 atom stereocenters. The van der Waals surface area contributed by atoms with Crippen LogP contribution in [0, 0.1) is 0 Å².